The Labute approximate surface area is 97.2 Å². The lowest BCUT2D eigenvalue weighted by Crippen LogP contribution is -2.23. The number of rotatable bonds is 5. The van der Waals surface area contributed by atoms with Crippen LogP contribution in [-0.2, 0) is 4.74 Å². The van der Waals surface area contributed by atoms with E-state index in [-0.39, 0.29) is 6.04 Å². The van der Waals surface area contributed by atoms with Crippen LogP contribution in [0.3, 0.4) is 0 Å². The standard InChI is InChI=1S/C13H21NO2/c1-10-5-6-13(16-10)11(2)14-8-7-12-4-3-9-15-12/h5-6,11-12,14H,3-4,7-9H2,1-2H3. The van der Waals surface area contributed by atoms with Crippen LogP contribution in [0.5, 0.6) is 0 Å². The van der Waals surface area contributed by atoms with Crippen LogP contribution >= 0.6 is 0 Å². The van der Waals surface area contributed by atoms with Gasteiger partial charge in [0, 0.05) is 6.61 Å². The topological polar surface area (TPSA) is 34.4 Å². The third-order valence-electron chi connectivity index (χ3n) is 3.13. The molecule has 0 radical (unpaired) electrons. The zero-order valence-electron chi connectivity index (χ0n) is 10.2. The van der Waals surface area contributed by atoms with Crippen LogP contribution in [0, 0.1) is 6.92 Å². The van der Waals surface area contributed by atoms with Crippen molar-refractivity contribution in [2.24, 2.45) is 0 Å². The van der Waals surface area contributed by atoms with Crippen molar-refractivity contribution < 1.29 is 9.15 Å². The Morgan fingerprint density at radius 2 is 2.38 bits per heavy atom. The lowest BCUT2D eigenvalue weighted by Gasteiger charge is -2.13. The summed E-state index contributed by atoms with van der Waals surface area (Å²) < 4.78 is 11.2. The lowest BCUT2D eigenvalue weighted by atomic mass is 10.1. The van der Waals surface area contributed by atoms with Crippen LogP contribution in [0.1, 0.15) is 43.7 Å². The molecule has 1 aliphatic rings. The molecule has 1 saturated heterocycles. The van der Waals surface area contributed by atoms with Crippen molar-refractivity contribution in [2.75, 3.05) is 13.2 Å². The molecule has 3 heteroatoms. The van der Waals surface area contributed by atoms with Gasteiger partial charge in [-0.15, -0.1) is 0 Å². The molecule has 0 bridgehead atoms. The molecule has 0 aliphatic carbocycles. The second kappa shape index (κ2) is 5.51. The minimum absolute atomic E-state index is 0.287. The van der Waals surface area contributed by atoms with Gasteiger partial charge in [-0.3, -0.25) is 0 Å². The number of ether oxygens (including phenoxy) is 1. The Hall–Kier alpha value is -0.800. The minimum atomic E-state index is 0.287. The minimum Gasteiger partial charge on any atom is -0.465 e. The van der Waals surface area contributed by atoms with E-state index in [1.807, 2.05) is 19.1 Å². The monoisotopic (exact) mass is 223 g/mol. The van der Waals surface area contributed by atoms with Crippen molar-refractivity contribution >= 4 is 0 Å². The fourth-order valence-electron chi connectivity index (χ4n) is 2.12. The zero-order valence-corrected chi connectivity index (χ0v) is 10.2. The summed E-state index contributed by atoms with van der Waals surface area (Å²) in [6.07, 6.45) is 4.01. The summed E-state index contributed by atoms with van der Waals surface area (Å²) in [4.78, 5) is 0. The van der Waals surface area contributed by atoms with Gasteiger partial charge in [-0.1, -0.05) is 0 Å². The quantitative estimate of drug-likeness (QED) is 0.833. The van der Waals surface area contributed by atoms with Gasteiger partial charge in [0.25, 0.3) is 0 Å². The summed E-state index contributed by atoms with van der Waals surface area (Å²) in [5.74, 6) is 1.99. The van der Waals surface area contributed by atoms with Crippen LogP contribution in [0.4, 0.5) is 0 Å². The highest BCUT2D eigenvalue weighted by molar-refractivity contribution is 5.08. The molecular weight excluding hydrogens is 202 g/mol. The van der Waals surface area contributed by atoms with Crippen molar-refractivity contribution in [3.63, 3.8) is 0 Å². The fraction of sp³-hybridized carbons (Fsp3) is 0.692. The van der Waals surface area contributed by atoms with Crippen molar-refractivity contribution in [2.45, 2.75) is 45.3 Å². The molecule has 90 valence electrons. The van der Waals surface area contributed by atoms with Crippen LogP contribution in [0.25, 0.3) is 0 Å². The van der Waals surface area contributed by atoms with Crippen molar-refractivity contribution in [1.82, 2.24) is 5.32 Å². The molecule has 16 heavy (non-hydrogen) atoms. The molecule has 2 heterocycles. The summed E-state index contributed by atoms with van der Waals surface area (Å²) in [6, 6.07) is 4.34. The molecule has 1 aromatic heterocycles. The molecule has 1 fully saturated rings. The molecule has 1 aliphatic heterocycles. The van der Waals surface area contributed by atoms with Crippen molar-refractivity contribution in [1.29, 1.82) is 0 Å². The SMILES string of the molecule is Cc1ccc(C(C)NCCC2CCCO2)o1. The van der Waals surface area contributed by atoms with E-state index in [4.69, 9.17) is 9.15 Å². The number of hydrogen-bond acceptors (Lipinski definition) is 3. The maximum Gasteiger partial charge on any atom is 0.120 e. The van der Waals surface area contributed by atoms with Gasteiger partial charge in [-0.25, -0.2) is 0 Å². The van der Waals surface area contributed by atoms with Gasteiger partial charge in [-0.05, 0) is 51.8 Å². The third kappa shape index (κ3) is 3.09. The Balaban J connectivity index is 1.69. The van der Waals surface area contributed by atoms with E-state index in [0.29, 0.717) is 6.10 Å². The molecular formula is C13H21NO2. The van der Waals surface area contributed by atoms with Crippen molar-refractivity contribution in [3.05, 3.63) is 23.7 Å². The van der Waals surface area contributed by atoms with E-state index in [1.165, 1.54) is 12.8 Å². The van der Waals surface area contributed by atoms with Crippen LogP contribution in [-0.4, -0.2) is 19.3 Å². The zero-order chi connectivity index (χ0) is 11.4. The molecule has 3 nitrogen and oxygen atoms in total. The van der Waals surface area contributed by atoms with Crippen LogP contribution in [0.15, 0.2) is 16.5 Å². The molecule has 0 spiro atoms. The summed E-state index contributed by atoms with van der Waals surface area (Å²) >= 11 is 0. The van der Waals surface area contributed by atoms with Gasteiger partial charge in [0.15, 0.2) is 0 Å². The van der Waals surface area contributed by atoms with E-state index in [9.17, 15) is 0 Å². The molecule has 2 atom stereocenters. The number of nitrogens with one attached hydrogen (secondary N) is 1. The average molecular weight is 223 g/mol. The molecule has 0 aromatic carbocycles. The Kier molecular flexibility index (Phi) is 4.02. The number of aryl methyl sites for hydroxylation is 1. The van der Waals surface area contributed by atoms with E-state index < -0.39 is 0 Å². The molecule has 0 amide bonds. The van der Waals surface area contributed by atoms with E-state index >= 15 is 0 Å². The first-order chi connectivity index (χ1) is 7.75. The third-order valence-corrected chi connectivity index (χ3v) is 3.13. The summed E-state index contributed by atoms with van der Waals surface area (Å²) in [5, 5.41) is 3.47. The van der Waals surface area contributed by atoms with Crippen LogP contribution in [0.2, 0.25) is 0 Å². The second-order valence-corrected chi connectivity index (χ2v) is 4.55. The first kappa shape index (κ1) is 11.7. The van der Waals surface area contributed by atoms with Gasteiger partial charge in [0.05, 0.1) is 12.1 Å². The Morgan fingerprint density at radius 1 is 1.50 bits per heavy atom. The lowest BCUT2D eigenvalue weighted by molar-refractivity contribution is 0.103. The maximum atomic E-state index is 5.58. The molecule has 1 N–H and O–H groups in total. The smallest absolute Gasteiger partial charge is 0.120 e. The molecule has 1 aromatic rings. The van der Waals surface area contributed by atoms with Gasteiger partial charge < -0.3 is 14.5 Å². The first-order valence-electron chi connectivity index (χ1n) is 6.17. The maximum absolute atomic E-state index is 5.58. The second-order valence-electron chi connectivity index (χ2n) is 4.55. The van der Waals surface area contributed by atoms with Crippen LogP contribution < -0.4 is 5.32 Å². The molecule has 0 saturated carbocycles. The van der Waals surface area contributed by atoms with Gasteiger partial charge >= 0.3 is 0 Å². The Bertz CT molecular complexity index is 315. The summed E-state index contributed by atoms with van der Waals surface area (Å²) in [7, 11) is 0. The normalized spacial score (nSPS) is 22.5. The first-order valence-corrected chi connectivity index (χ1v) is 6.17. The predicted octanol–water partition coefficient (Wildman–Crippen LogP) is 2.81. The summed E-state index contributed by atoms with van der Waals surface area (Å²) in [5.41, 5.74) is 0. The summed E-state index contributed by atoms with van der Waals surface area (Å²) in [6.45, 7) is 6.04. The highest BCUT2D eigenvalue weighted by Gasteiger charge is 2.15. The van der Waals surface area contributed by atoms with Gasteiger partial charge in [0.2, 0.25) is 0 Å². The highest BCUT2D eigenvalue weighted by atomic mass is 16.5. The number of furan rings is 1. The van der Waals surface area contributed by atoms with E-state index in [2.05, 4.69) is 12.2 Å². The Morgan fingerprint density at radius 3 is 3.00 bits per heavy atom. The van der Waals surface area contributed by atoms with Gasteiger partial charge in [-0.2, -0.15) is 0 Å². The predicted molar refractivity (Wildman–Crippen MR) is 63.5 cm³/mol. The van der Waals surface area contributed by atoms with Crippen molar-refractivity contribution in [3.8, 4) is 0 Å². The van der Waals surface area contributed by atoms with Gasteiger partial charge in [0.1, 0.15) is 11.5 Å². The van der Waals surface area contributed by atoms with E-state index in [1.54, 1.807) is 0 Å². The average Bonchev–Trinajstić information content (AvgIpc) is 2.89. The van der Waals surface area contributed by atoms with E-state index in [0.717, 1.165) is 31.1 Å². The highest BCUT2D eigenvalue weighted by Crippen LogP contribution is 2.17. The molecule has 2 unspecified atom stereocenters. The largest absolute Gasteiger partial charge is 0.465 e. The number of hydrogen-bond donors (Lipinski definition) is 1. The molecule has 2 rings (SSSR count). The fourth-order valence-corrected chi connectivity index (χ4v) is 2.12.